The molecule has 41 heavy (non-hydrogen) atoms. The molecule has 1 unspecified atom stereocenters. The number of carbonyl (C=O) groups is 2. The average molecular weight is 571 g/mol. The molecule has 1 atom stereocenters. The van der Waals surface area contributed by atoms with Crippen LogP contribution in [-0.4, -0.2) is 29.0 Å². The van der Waals surface area contributed by atoms with Crippen LogP contribution in [0.4, 0.5) is 0 Å². The van der Waals surface area contributed by atoms with Crippen LogP contribution in [0.3, 0.4) is 0 Å². The van der Waals surface area contributed by atoms with Crippen molar-refractivity contribution in [1.82, 2.24) is 4.57 Å². The van der Waals surface area contributed by atoms with Crippen molar-refractivity contribution in [3.05, 3.63) is 109 Å². The van der Waals surface area contributed by atoms with Gasteiger partial charge in [0.05, 0.1) is 28.5 Å². The number of fused-ring (bicyclic) bond motifs is 1. The molecule has 0 saturated carbocycles. The van der Waals surface area contributed by atoms with E-state index < -0.39 is 12.0 Å². The van der Waals surface area contributed by atoms with E-state index in [0.717, 1.165) is 5.56 Å². The third-order valence-corrected chi connectivity index (χ3v) is 7.55. The summed E-state index contributed by atoms with van der Waals surface area (Å²) in [7, 11) is 0. The van der Waals surface area contributed by atoms with Crippen molar-refractivity contribution >= 4 is 29.2 Å². The van der Waals surface area contributed by atoms with E-state index in [4.69, 9.17) is 13.9 Å². The van der Waals surface area contributed by atoms with Crippen LogP contribution < -0.4 is 19.6 Å². The summed E-state index contributed by atoms with van der Waals surface area (Å²) >= 11 is 1.22. The number of esters is 1. The van der Waals surface area contributed by atoms with Gasteiger partial charge in [-0.1, -0.05) is 53.8 Å². The number of ether oxygens (including phenoxy) is 2. The van der Waals surface area contributed by atoms with Crippen LogP contribution in [0, 0.1) is 0 Å². The number of hydrogen-bond acceptors (Lipinski definition) is 8. The lowest BCUT2D eigenvalue weighted by Gasteiger charge is -2.26. The van der Waals surface area contributed by atoms with Crippen molar-refractivity contribution in [2.45, 2.75) is 46.8 Å². The van der Waals surface area contributed by atoms with Crippen LogP contribution in [-0.2, 0) is 9.53 Å². The van der Waals surface area contributed by atoms with Crippen LogP contribution in [0.1, 0.15) is 62.3 Å². The number of aromatic nitrogens is 1. The number of rotatable bonds is 8. The topological polar surface area (TPSA) is 100 Å². The first kappa shape index (κ1) is 28.0. The molecule has 1 aliphatic rings. The normalized spacial score (nSPS) is 15.1. The summed E-state index contributed by atoms with van der Waals surface area (Å²) < 4.78 is 19.4. The third kappa shape index (κ3) is 5.58. The van der Waals surface area contributed by atoms with E-state index in [1.54, 1.807) is 38.1 Å². The first-order valence-electron chi connectivity index (χ1n) is 13.3. The number of benzene rings is 2. The van der Waals surface area contributed by atoms with E-state index in [1.165, 1.54) is 22.8 Å². The standard InChI is InChI=1S/C32H30N2O6S/c1-6-38-31(37)28-19(4)33-32-34(29(28)24-9-7-8-10-26(24)39-18(2)3)30(36)27(41-32)17-23-15-16-25(40-23)22-13-11-21(12-14-22)20(5)35/h7-18,29H,6H2,1-5H3/b27-17-. The van der Waals surface area contributed by atoms with Crippen LogP contribution in [0.2, 0.25) is 0 Å². The molecular formula is C32H30N2O6S. The van der Waals surface area contributed by atoms with Crippen molar-refractivity contribution < 1.29 is 23.5 Å². The fourth-order valence-electron chi connectivity index (χ4n) is 4.74. The Balaban J connectivity index is 1.63. The lowest BCUT2D eigenvalue weighted by atomic mass is 9.95. The zero-order valence-corrected chi connectivity index (χ0v) is 24.3. The SMILES string of the molecule is CCOC(=O)C1=C(C)N=c2s/c(=C\c3ccc(-c4ccc(C(C)=O)cc4)o3)c(=O)n2C1c1ccccc1OC(C)C. The molecule has 0 N–H and O–H groups in total. The maximum absolute atomic E-state index is 13.9. The molecule has 4 aromatic rings. The molecule has 3 heterocycles. The number of Topliss-reactive ketones (excluding diaryl/α,β-unsaturated/α-hetero) is 1. The van der Waals surface area contributed by atoms with E-state index in [-0.39, 0.29) is 24.1 Å². The number of para-hydroxylation sites is 1. The lowest BCUT2D eigenvalue weighted by Crippen LogP contribution is -2.40. The summed E-state index contributed by atoms with van der Waals surface area (Å²) in [5, 5.41) is 0. The highest BCUT2D eigenvalue weighted by Crippen LogP contribution is 2.36. The Morgan fingerprint density at radius 2 is 1.83 bits per heavy atom. The Bertz CT molecular complexity index is 1840. The molecule has 5 rings (SSSR count). The summed E-state index contributed by atoms with van der Waals surface area (Å²) in [5.41, 5.74) is 2.56. The molecule has 0 amide bonds. The minimum Gasteiger partial charge on any atom is -0.491 e. The first-order valence-corrected chi connectivity index (χ1v) is 14.2. The Morgan fingerprint density at radius 1 is 1.10 bits per heavy atom. The molecule has 0 radical (unpaired) electrons. The molecule has 1 aliphatic heterocycles. The molecular weight excluding hydrogens is 540 g/mol. The maximum Gasteiger partial charge on any atom is 0.338 e. The smallest absolute Gasteiger partial charge is 0.338 e. The van der Waals surface area contributed by atoms with Gasteiger partial charge in [-0.05, 0) is 52.8 Å². The van der Waals surface area contributed by atoms with Crippen molar-refractivity contribution in [2.24, 2.45) is 4.99 Å². The molecule has 210 valence electrons. The first-order chi connectivity index (χ1) is 19.7. The van der Waals surface area contributed by atoms with Crippen molar-refractivity contribution in [2.75, 3.05) is 6.61 Å². The van der Waals surface area contributed by atoms with Crippen LogP contribution in [0.5, 0.6) is 5.75 Å². The summed E-state index contributed by atoms with van der Waals surface area (Å²) in [4.78, 5) is 43.8. The quantitative estimate of drug-likeness (QED) is 0.217. The van der Waals surface area contributed by atoms with Gasteiger partial charge in [-0.2, -0.15) is 0 Å². The highest BCUT2D eigenvalue weighted by molar-refractivity contribution is 7.07. The van der Waals surface area contributed by atoms with Gasteiger partial charge in [0, 0.05) is 22.8 Å². The predicted molar refractivity (Wildman–Crippen MR) is 157 cm³/mol. The molecule has 2 aromatic carbocycles. The molecule has 0 bridgehead atoms. The second kappa shape index (κ2) is 11.5. The third-order valence-electron chi connectivity index (χ3n) is 6.57. The summed E-state index contributed by atoms with van der Waals surface area (Å²) in [6, 6.07) is 17.4. The van der Waals surface area contributed by atoms with E-state index in [2.05, 4.69) is 4.99 Å². The lowest BCUT2D eigenvalue weighted by molar-refractivity contribution is -0.139. The number of nitrogens with zero attached hydrogens (tertiary/aromatic N) is 2. The van der Waals surface area contributed by atoms with E-state index in [1.807, 2.05) is 56.3 Å². The predicted octanol–water partition coefficient (Wildman–Crippen LogP) is 5.05. The average Bonchev–Trinajstić information content (AvgIpc) is 3.52. The fraction of sp³-hybridized carbons (Fsp3) is 0.250. The molecule has 0 saturated heterocycles. The van der Waals surface area contributed by atoms with E-state index in [9.17, 15) is 14.4 Å². The van der Waals surface area contributed by atoms with Crippen LogP contribution >= 0.6 is 11.3 Å². The zero-order valence-electron chi connectivity index (χ0n) is 23.5. The van der Waals surface area contributed by atoms with Gasteiger partial charge in [-0.25, -0.2) is 9.79 Å². The number of carbonyl (C=O) groups excluding carboxylic acids is 2. The van der Waals surface area contributed by atoms with Gasteiger partial charge in [-0.3, -0.25) is 14.2 Å². The number of furan rings is 1. The minimum absolute atomic E-state index is 0.00916. The largest absolute Gasteiger partial charge is 0.491 e. The summed E-state index contributed by atoms with van der Waals surface area (Å²) in [6.45, 7) is 9.04. The zero-order chi connectivity index (χ0) is 29.3. The molecule has 8 nitrogen and oxygen atoms in total. The van der Waals surface area contributed by atoms with Crippen LogP contribution in [0.15, 0.2) is 86.1 Å². The minimum atomic E-state index is -0.783. The maximum atomic E-state index is 13.9. The van der Waals surface area contributed by atoms with Gasteiger partial charge in [0.1, 0.15) is 23.3 Å². The Labute approximate surface area is 240 Å². The fourth-order valence-corrected chi connectivity index (χ4v) is 5.76. The second-order valence-electron chi connectivity index (χ2n) is 9.84. The number of thiazole rings is 1. The highest BCUT2D eigenvalue weighted by atomic mass is 32.1. The molecule has 0 fully saturated rings. The molecule has 0 aliphatic carbocycles. The highest BCUT2D eigenvalue weighted by Gasteiger charge is 2.35. The van der Waals surface area contributed by atoms with Crippen molar-refractivity contribution in [1.29, 1.82) is 0 Å². The number of ketones is 1. The van der Waals surface area contributed by atoms with Crippen molar-refractivity contribution in [3.63, 3.8) is 0 Å². The summed E-state index contributed by atoms with van der Waals surface area (Å²) in [6.07, 6.45) is 1.56. The Kier molecular flexibility index (Phi) is 7.90. The van der Waals surface area contributed by atoms with Gasteiger partial charge in [-0.15, -0.1) is 0 Å². The Hall–Kier alpha value is -4.50. The van der Waals surface area contributed by atoms with Gasteiger partial charge in [0.15, 0.2) is 10.6 Å². The van der Waals surface area contributed by atoms with Gasteiger partial charge >= 0.3 is 5.97 Å². The summed E-state index contributed by atoms with van der Waals surface area (Å²) in [5.74, 6) is 1.13. The van der Waals surface area contributed by atoms with E-state index in [0.29, 0.717) is 49.0 Å². The van der Waals surface area contributed by atoms with Gasteiger partial charge in [0.25, 0.3) is 5.56 Å². The number of allylic oxidation sites excluding steroid dienone is 1. The van der Waals surface area contributed by atoms with E-state index >= 15 is 0 Å². The molecule has 0 spiro atoms. The molecule has 2 aromatic heterocycles. The molecule has 9 heteroatoms. The Morgan fingerprint density at radius 3 is 2.51 bits per heavy atom. The van der Waals surface area contributed by atoms with Gasteiger partial charge < -0.3 is 13.9 Å². The monoisotopic (exact) mass is 570 g/mol. The number of hydrogen-bond donors (Lipinski definition) is 0. The van der Waals surface area contributed by atoms with Crippen molar-refractivity contribution in [3.8, 4) is 17.1 Å². The van der Waals surface area contributed by atoms with Crippen LogP contribution in [0.25, 0.3) is 17.4 Å². The van der Waals surface area contributed by atoms with Gasteiger partial charge in [0.2, 0.25) is 0 Å². The second-order valence-corrected chi connectivity index (χ2v) is 10.9.